The zero-order chi connectivity index (χ0) is 14.7. The predicted molar refractivity (Wildman–Crippen MR) is 84.8 cm³/mol. The zero-order valence-corrected chi connectivity index (χ0v) is 12.1. The number of hydrazone groups is 1. The number of hydrogen-bond donors (Lipinski definition) is 2. The maximum absolute atomic E-state index is 5.86. The summed E-state index contributed by atoms with van der Waals surface area (Å²) in [5.41, 5.74) is 10.2. The van der Waals surface area contributed by atoms with E-state index < -0.39 is 0 Å². The molecule has 0 aliphatic heterocycles. The number of nitrogens with two attached hydrogens (primary N) is 1. The van der Waals surface area contributed by atoms with Crippen molar-refractivity contribution in [2.45, 2.75) is 0 Å². The van der Waals surface area contributed by atoms with E-state index in [1.54, 1.807) is 19.4 Å². The summed E-state index contributed by atoms with van der Waals surface area (Å²) in [6.45, 7) is 0. The van der Waals surface area contributed by atoms with Crippen molar-refractivity contribution in [3.8, 4) is 5.75 Å². The Bertz CT molecular complexity index is 784. The minimum Gasteiger partial charge on any atom is -0.497 e. The number of fused-ring (bicyclic) bond motifs is 1. The Morgan fingerprint density at radius 3 is 3.00 bits per heavy atom. The lowest BCUT2D eigenvalue weighted by Crippen LogP contribution is -2.16. The van der Waals surface area contributed by atoms with Gasteiger partial charge in [0, 0.05) is 12.3 Å². The number of ether oxygens (including phenoxy) is 1. The minimum atomic E-state index is 0.312. The molecule has 6 nitrogen and oxygen atoms in total. The Balaban J connectivity index is 1.82. The van der Waals surface area contributed by atoms with E-state index in [4.69, 9.17) is 10.5 Å². The van der Waals surface area contributed by atoms with Crippen LogP contribution in [0.1, 0.15) is 5.69 Å². The third kappa shape index (κ3) is 2.92. The molecule has 0 saturated heterocycles. The smallest absolute Gasteiger partial charge is 0.204 e. The highest BCUT2D eigenvalue weighted by Gasteiger charge is 2.05. The van der Waals surface area contributed by atoms with Crippen molar-refractivity contribution in [2.75, 3.05) is 12.5 Å². The first-order valence-electron chi connectivity index (χ1n) is 6.21. The Kier molecular flexibility index (Phi) is 3.65. The van der Waals surface area contributed by atoms with Crippen LogP contribution in [0.3, 0.4) is 0 Å². The van der Waals surface area contributed by atoms with E-state index in [0.717, 1.165) is 16.0 Å². The van der Waals surface area contributed by atoms with E-state index in [0.29, 0.717) is 16.7 Å². The van der Waals surface area contributed by atoms with Crippen LogP contribution in [0.5, 0.6) is 5.75 Å². The first-order valence-corrected chi connectivity index (χ1v) is 7.03. The minimum absolute atomic E-state index is 0.312. The lowest BCUT2D eigenvalue weighted by Gasteiger charge is -1.99. The highest BCUT2D eigenvalue weighted by atomic mass is 32.1. The highest BCUT2D eigenvalue weighted by molar-refractivity contribution is 7.22. The average Bonchev–Trinajstić information content (AvgIpc) is 2.95. The van der Waals surface area contributed by atoms with Gasteiger partial charge < -0.3 is 10.5 Å². The zero-order valence-electron chi connectivity index (χ0n) is 11.3. The Hall–Kier alpha value is -2.67. The summed E-state index contributed by atoms with van der Waals surface area (Å²) in [6, 6.07) is 11.2. The molecular formula is C14H13N5OS. The molecule has 0 unspecified atom stereocenters. The number of hydrogen-bond acceptors (Lipinski definition) is 6. The fourth-order valence-electron chi connectivity index (χ4n) is 1.76. The summed E-state index contributed by atoms with van der Waals surface area (Å²) >= 11 is 1.49. The van der Waals surface area contributed by atoms with Crippen LogP contribution in [0.4, 0.5) is 5.13 Å². The molecule has 0 radical (unpaired) electrons. The van der Waals surface area contributed by atoms with Gasteiger partial charge in [0.05, 0.1) is 17.3 Å². The van der Waals surface area contributed by atoms with Crippen molar-refractivity contribution in [1.29, 1.82) is 0 Å². The summed E-state index contributed by atoms with van der Waals surface area (Å²) in [4.78, 5) is 8.56. The molecule has 3 rings (SSSR count). The summed E-state index contributed by atoms with van der Waals surface area (Å²) in [5, 5.41) is 4.77. The molecule has 2 aromatic heterocycles. The van der Waals surface area contributed by atoms with Crippen molar-refractivity contribution in [3.63, 3.8) is 0 Å². The second-order valence-corrected chi connectivity index (χ2v) is 5.21. The number of benzene rings is 1. The Morgan fingerprint density at radius 1 is 1.33 bits per heavy atom. The van der Waals surface area contributed by atoms with Gasteiger partial charge in [-0.2, -0.15) is 5.10 Å². The van der Waals surface area contributed by atoms with Crippen LogP contribution in [0.25, 0.3) is 10.2 Å². The van der Waals surface area contributed by atoms with Gasteiger partial charge in [-0.3, -0.25) is 10.4 Å². The maximum atomic E-state index is 5.86. The molecule has 3 N–H and O–H groups in total. The Morgan fingerprint density at radius 2 is 2.24 bits per heavy atom. The quantitative estimate of drug-likeness (QED) is 0.439. The number of nitrogens with zero attached hydrogens (tertiary/aromatic N) is 3. The van der Waals surface area contributed by atoms with Crippen molar-refractivity contribution >= 4 is 32.5 Å². The molecule has 0 amide bonds. The van der Waals surface area contributed by atoms with E-state index in [-0.39, 0.29) is 0 Å². The number of nitrogens with one attached hydrogen (secondary N) is 1. The summed E-state index contributed by atoms with van der Waals surface area (Å²) in [6.07, 6.45) is 1.67. The normalized spacial score (nSPS) is 11.6. The van der Waals surface area contributed by atoms with Crippen LogP contribution in [0.15, 0.2) is 47.7 Å². The number of rotatable bonds is 4. The number of anilines is 1. The van der Waals surface area contributed by atoms with Crippen LogP contribution in [0, 0.1) is 0 Å². The predicted octanol–water partition coefficient (Wildman–Crippen LogP) is 2.43. The van der Waals surface area contributed by atoms with Crippen LogP contribution in [-0.4, -0.2) is 22.9 Å². The van der Waals surface area contributed by atoms with E-state index in [9.17, 15) is 0 Å². The SMILES string of the molecule is COc1ccc2sc(N/N=C(\N)c3ccccn3)nc2c1. The molecule has 0 bridgehead atoms. The fourth-order valence-corrected chi connectivity index (χ4v) is 2.55. The average molecular weight is 299 g/mol. The number of aromatic nitrogens is 2. The van der Waals surface area contributed by atoms with Gasteiger partial charge in [0.15, 0.2) is 5.84 Å². The highest BCUT2D eigenvalue weighted by Crippen LogP contribution is 2.28. The van der Waals surface area contributed by atoms with E-state index in [1.807, 2.05) is 30.3 Å². The molecule has 0 atom stereocenters. The molecular weight excluding hydrogens is 286 g/mol. The first kappa shape index (κ1) is 13.3. The van der Waals surface area contributed by atoms with Crippen LogP contribution >= 0.6 is 11.3 Å². The number of thiazole rings is 1. The number of pyridine rings is 1. The molecule has 0 fully saturated rings. The second-order valence-electron chi connectivity index (χ2n) is 4.18. The third-order valence-corrected chi connectivity index (χ3v) is 3.74. The lowest BCUT2D eigenvalue weighted by atomic mass is 10.3. The van der Waals surface area contributed by atoms with E-state index in [2.05, 4.69) is 20.5 Å². The second kappa shape index (κ2) is 5.76. The molecule has 1 aromatic carbocycles. The van der Waals surface area contributed by atoms with Crippen molar-refractivity contribution in [1.82, 2.24) is 9.97 Å². The van der Waals surface area contributed by atoms with Gasteiger partial charge in [0.2, 0.25) is 5.13 Å². The van der Waals surface area contributed by atoms with Crippen LogP contribution in [-0.2, 0) is 0 Å². The summed E-state index contributed by atoms with van der Waals surface area (Å²) in [7, 11) is 1.63. The number of amidine groups is 1. The maximum Gasteiger partial charge on any atom is 0.204 e. The third-order valence-electron chi connectivity index (χ3n) is 2.79. The van der Waals surface area contributed by atoms with E-state index >= 15 is 0 Å². The summed E-state index contributed by atoms with van der Waals surface area (Å²) < 4.78 is 6.22. The number of methoxy groups -OCH3 is 1. The molecule has 0 saturated carbocycles. The molecule has 106 valence electrons. The fraction of sp³-hybridized carbons (Fsp3) is 0.0714. The summed E-state index contributed by atoms with van der Waals surface area (Å²) in [5.74, 6) is 1.09. The lowest BCUT2D eigenvalue weighted by molar-refractivity contribution is 0.415. The van der Waals surface area contributed by atoms with Gasteiger partial charge in [-0.25, -0.2) is 4.98 Å². The van der Waals surface area contributed by atoms with Crippen molar-refractivity contribution in [3.05, 3.63) is 48.3 Å². The monoisotopic (exact) mass is 299 g/mol. The molecule has 0 spiro atoms. The molecule has 0 aliphatic rings. The van der Waals surface area contributed by atoms with Crippen LogP contribution < -0.4 is 15.9 Å². The first-order chi connectivity index (χ1) is 10.3. The largest absolute Gasteiger partial charge is 0.497 e. The van der Waals surface area contributed by atoms with E-state index in [1.165, 1.54) is 11.3 Å². The molecule has 21 heavy (non-hydrogen) atoms. The molecule has 7 heteroatoms. The molecule has 3 aromatic rings. The van der Waals surface area contributed by atoms with Crippen molar-refractivity contribution < 1.29 is 4.74 Å². The standard InChI is InChI=1S/C14H13N5OS/c1-20-9-5-6-12-11(8-9)17-14(21-12)19-18-13(15)10-4-2-3-7-16-10/h2-8H,1H3,(H2,15,18)(H,17,19). The Labute approximate surface area is 125 Å². The molecule has 0 aliphatic carbocycles. The van der Waals surface area contributed by atoms with Gasteiger partial charge in [0.1, 0.15) is 11.4 Å². The van der Waals surface area contributed by atoms with Gasteiger partial charge in [-0.1, -0.05) is 17.4 Å². The molecule has 2 heterocycles. The van der Waals surface area contributed by atoms with Gasteiger partial charge in [0.25, 0.3) is 0 Å². The van der Waals surface area contributed by atoms with Gasteiger partial charge in [-0.15, -0.1) is 0 Å². The van der Waals surface area contributed by atoms with Gasteiger partial charge >= 0.3 is 0 Å². The van der Waals surface area contributed by atoms with Gasteiger partial charge in [-0.05, 0) is 24.3 Å². The van der Waals surface area contributed by atoms with Crippen LogP contribution in [0.2, 0.25) is 0 Å². The topological polar surface area (TPSA) is 85.4 Å². The van der Waals surface area contributed by atoms with Crippen molar-refractivity contribution in [2.24, 2.45) is 10.8 Å².